The lowest BCUT2D eigenvalue weighted by molar-refractivity contribution is 0.101. The number of methoxy groups -OCH3 is 1. The van der Waals surface area contributed by atoms with Gasteiger partial charge < -0.3 is 19.9 Å². The van der Waals surface area contributed by atoms with Crippen molar-refractivity contribution in [3.63, 3.8) is 0 Å². The van der Waals surface area contributed by atoms with Gasteiger partial charge in [-0.3, -0.25) is 4.79 Å². The third-order valence-corrected chi connectivity index (χ3v) is 3.29. The highest BCUT2D eigenvalue weighted by molar-refractivity contribution is 5.95. The number of ketones is 1. The molecule has 0 amide bonds. The molecule has 0 aliphatic rings. The van der Waals surface area contributed by atoms with Crippen LogP contribution in [0.2, 0.25) is 0 Å². The number of hydrogen-bond donors (Lipinski definition) is 1. The molecule has 0 fully saturated rings. The van der Waals surface area contributed by atoms with Crippen LogP contribution in [0.4, 0.5) is 5.69 Å². The Labute approximate surface area is 136 Å². The van der Waals surface area contributed by atoms with Gasteiger partial charge in [0.1, 0.15) is 17.2 Å². The van der Waals surface area contributed by atoms with Gasteiger partial charge in [0.2, 0.25) is 0 Å². The van der Waals surface area contributed by atoms with Crippen LogP contribution in [0.5, 0.6) is 17.2 Å². The van der Waals surface area contributed by atoms with Crippen molar-refractivity contribution < 1.29 is 19.0 Å². The maximum atomic E-state index is 11.3. The van der Waals surface area contributed by atoms with Crippen LogP contribution in [-0.2, 0) is 0 Å². The summed E-state index contributed by atoms with van der Waals surface area (Å²) in [7, 11) is 1.63. The van der Waals surface area contributed by atoms with E-state index in [1.54, 1.807) is 25.3 Å². The van der Waals surface area contributed by atoms with Crippen LogP contribution >= 0.6 is 0 Å². The molecule has 122 valence electrons. The largest absolute Gasteiger partial charge is 0.497 e. The molecule has 5 heteroatoms. The summed E-state index contributed by atoms with van der Waals surface area (Å²) in [6.07, 6.45) is 0.722. The maximum Gasteiger partial charge on any atom is 0.159 e. The van der Waals surface area contributed by atoms with Gasteiger partial charge in [-0.05, 0) is 49.4 Å². The van der Waals surface area contributed by atoms with E-state index >= 15 is 0 Å². The maximum absolute atomic E-state index is 11.3. The highest BCUT2D eigenvalue weighted by atomic mass is 16.5. The fraction of sp³-hybridized carbons (Fsp3) is 0.278. The first-order chi connectivity index (χ1) is 11.1. The van der Waals surface area contributed by atoms with E-state index < -0.39 is 0 Å². The van der Waals surface area contributed by atoms with E-state index in [9.17, 15) is 4.79 Å². The normalized spacial score (nSPS) is 10.2. The molecule has 5 nitrogen and oxygen atoms in total. The summed E-state index contributed by atoms with van der Waals surface area (Å²) in [5, 5.41) is 0. The summed E-state index contributed by atoms with van der Waals surface area (Å²) in [5.41, 5.74) is 6.92. The Bertz CT molecular complexity index is 653. The van der Waals surface area contributed by atoms with Gasteiger partial charge >= 0.3 is 0 Å². The summed E-state index contributed by atoms with van der Waals surface area (Å²) < 4.78 is 16.3. The quantitative estimate of drug-likeness (QED) is 0.459. The highest BCUT2D eigenvalue weighted by Gasteiger charge is 2.05. The van der Waals surface area contributed by atoms with Crippen LogP contribution in [0, 0.1) is 0 Å². The van der Waals surface area contributed by atoms with Crippen LogP contribution in [0.1, 0.15) is 23.7 Å². The van der Waals surface area contributed by atoms with Crippen LogP contribution in [0.15, 0.2) is 42.5 Å². The molecular formula is C18H21NO4. The van der Waals surface area contributed by atoms with Gasteiger partial charge in [0.25, 0.3) is 0 Å². The second-order valence-electron chi connectivity index (χ2n) is 5.03. The number of benzene rings is 2. The minimum Gasteiger partial charge on any atom is -0.497 e. The minimum absolute atomic E-state index is 0.0175. The molecule has 0 saturated carbocycles. The van der Waals surface area contributed by atoms with Crippen LogP contribution in [0.25, 0.3) is 0 Å². The lowest BCUT2D eigenvalue weighted by Crippen LogP contribution is -2.06. The van der Waals surface area contributed by atoms with Crippen LogP contribution in [-0.4, -0.2) is 26.1 Å². The first-order valence-corrected chi connectivity index (χ1v) is 7.40. The molecular weight excluding hydrogens is 294 g/mol. The van der Waals surface area contributed by atoms with Crippen LogP contribution < -0.4 is 19.9 Å². The van der Waals surface area contributed by atoms with Gasteiger partial charge in [0.05, 0.1) is 26.0 Å². The lowest BCUT2D eigenvalue weighted by atomic mass is 10.1. The summed E-state index contributed by atoms with van der Waals surface area (Å²) in [6.45, 7) is 2.53. The summed E-state index contributed by atoms with van der Waals surface area (Å²) in [4.78, 5) is 11.3. The Morgan fingerprint density at radius 1 is 1.00 bits per heavy atom. The van der Waals surface area contributed by atoms with Crippen molar-refractivity contribution in [1.29, 1.82) is 0 Å². The number of rotatable bonds is 8. The molecule has 2 aromatic rings. The van der Waals surface area contributed by atoms with Crippen molar-refractivity contribution in [2.24, 2.45) is 0 Å². The van der Waals surface area contributed by atoms with Crippen molar-refractivity contribution in [3.05, 3.63) is 48.0 Å². The molecule has 0 aromatic heterocycles. The van der Waals surface area contributed by atoms with E-state index in [0.29, 0.717) is 30.2 Å². The van der Waals surface area contributed by atoms with Gasteiger partial charge in [-0.25, -0.2) is 0 Å². The molecule has 0 spiro atoms. The van der Waals surface area contributed by atoms with Gasteiger partial charge in [-0.15, -0.1) is 0 Å². The average Bonchev–Trinajstić information content (AvgIpc) is 2.56. The van der Waals surface area contributed by atoms with Crippen molar-refractivity contribution >= 4 is 11.5 Å². The molecule has 0 saturated heterocycles. The number of ether oxygens (including phenoxy) is 3. The number of nitrogens with two attached hydrogens (primary N) is 1. The number of carbonyl (C=O) groups excluding carboxylic acids is 1. The van der Waals surface area contributed by atoms with E-state index in [1.807, 2.05) is 24.3 Å². The van der Waals surface area contributed by atoms with Gasteiger partial charge in [-0.1, -0.05) is 0 Å². The molecule has 0 heterocycles. The number of carbonyl (C=O) groups is 1. The standard InChI is InChI=1S/C18H21NO4/c1-13(20)14-4-9-18(17(19)12-14)23-11-3-10-22-16-7-5-15(21-2)6-8-16/h4-9,12H,3,10-11,19H2,1-2H3. The van der Waals surface area contributed by atoms with Crippen molar-refractivity contribution in [1.82, 2.24) is 0 Å². The third-order valence-electron chi connectivity index (χ3n) is 3.29. The molecule has 0 radical (unpaired) electrons. The van der Waals surface area contributed by atoms with E-state index in [-0.39, 0.29) is 5.78 Å². The topological polar surface area (TPSA) is 70.8 Å². The third kappa shape index (κ3) is 4.92. The summed E-state index contributed by atoms with van der Waals surface area (Å²) >= 11 is 0. The SMILES string of the molecule is COc1ccc(OCCCOc2ccc(C(C)=O)cc2N)cc1. The molecule has 0 aliphatic carbocycles. The van der Waals surface area contributed by atoms with E-state index in [4.69, 9.17) is 19.9 Å². The predicted molar refractivity (Wildman–Crippen MR) is 89.5 cm³/mol. The predicted octanol–water partition coefficient (Wildman–Crippen LogP) is 3.33. The lowest BCUT2D eigenvalue weighted by Gasteiger charge is -2.10. The van der Waals surface area contributed by atoms with Crippen molar-refractivity contribution in [2.45, 2.75) is 13.3 Å². The fourth-order valence-electron chi connectivity index (χ4n) is 2.00. The number of nitrogen functional groups attached to an aromatic ring is 1. The van der Waals surface area contributed by atoms with Crippen LogP contribution in [0.3, 0.4) is 0 Å². The van der Waals surface area contributed by atoms with Crippen molar-refractivity contribution in [2.75, 3.05) is 26.1 Å². The highest BCUT2D eigenvalue weighted by Crippen LogP contribution is 2.23. The molecule has 0 atom stereocenters. The Balaban J connectivity index is 1.73. The molecule has 23 heavy (non-hydrogen) atoms. The number of Topliss-reactive ketones (excluding diaryl/α,β-unsaturated/α-hetero) is 1. The van der Waals surface area contributed by atoms with Crippen molar-refractivity contribution in [3.8, 4) is 17.2 Å². The Hall–Kier alpha value is -2.69. The zero-order valence-electron chi connectivity index (χ0n) is 13.4. The number of hydrogen-bond acceptors (Lipinski definition) is 5. The molecule has 0 bridgehead atoms. The first-order valence-electron chi connectivity index (χ1n) is 7.40. The number of anilines is 1. The molecule has 0 aliphatic heterocycles. The Kier molecular flexibility index (Phi) is 5.86. The zero-order valence-corrected chi connectivity index (χ0v) is 13.4. The second kappa shape index (κ2) is 8.08. The smallest absolute Gasteiger partial charge is 0.159 e. The summed E-state index contributed by atoms with van der Waals surface area (Å²) in [5.74, 6) is 2.15. The molecule has 2 aromatic carbocycles. The first kappa shape index (κ1) is 16.7. The molecule has 2 N–H and O–H groups in total. The zero-order chi connectivity index (χ0) is 16.7. The second-order valence-corrected chi connectivity index (χ2v) is 5.03. The molecule has 0 unspecified atom stereocenters. The van der Waals surface area contributed by atoms with Gasteiger partial charge in [0, 0.05) is 12.0 Å². The molecule has 2 rings (SSSR count). The van der Waals surface area contributed by atoms with E-state index in [0.717, 1.165) is 17.9 Å². The monoisotopic (exact) mass is 315 g/mol. The Morgan fingerprint density at radius 2 is 1.65 bits per heavy atom. The minimum atomic E-state index is -0.0175. The Morgan fingerprint density at radius 3 is 2.26 bits per heavy atom. The van der Waals surface area contributed by atoms with Gasteiger partial charge in [-0.2, -0.15) is 0 Å². The van der Waals surface area contributed by atoms with E-state index in [1.165, 1.54) is 6.92 Å². The van der Waals surface area contributed by atoms with Gasteiger partial charge in [0.15, 0.2) is 5.78 Å². The fourth-order valence-corrected chi connectivity index (χ4v) is 2.00. The van der Waals surface area contributed by atoms with E-state index in [2.05, 4.69) is 0 Å². The summed E-state index contributed by atoms with van der Waals surface area (Å²) in [6, 6.07) is 12.5. The average molecular weight is 315 g/mol.